The van der Waals surface area contributed by atoms with Crippen molar-refractivity contribution in [1.29, 1.82) is 0 Å². The molecule has 6 heteroatoms. The van der Waals surface area contributed by atoms with Crippen LogP contribution in [0.1, 0.15) is 20.0 Å². The smallest absolute Gasteiger partial charge is 0.265 e. The normalized spacial score (nSPS) is 10.1. The third-order valence-corrected chi connectivity index (χ3v) is 3.63. The number of nitrogens with one attached hydrogen (secondary N) is 2. The number of anilines is 1. The fourth-order valence-corrected chi connectivity index (χ4v) is 2.36. The average molecular weight is 304 g/mol. The first-order valence-corrected chi connectivity index (χ1v) is 7.31. The topological polar surface area (TPSA) is 67.4 Å². The van der Waals surface area contributed by atoms with Gasteiger partial charge in [0.05, 0.1) is 22.7 Å². The zero-order valence-electron chi connectivity index (χ0n) is 11.6. The van der Waals surface area contributed by atoms with Gasteiger partial charge in [0.2, 0.25) is 0 Å². The number of rotatable bonds is 6. The molecule has 2 N–H and O–H groups in total. The molecule has 0 unspecified atom stereocenters. The van der Waals surface area contributed by atoms with Crippen molar-refractivity contribution >= 4 is 28.8 Å². The second-order valence-electron chi connectivity index (χ2n) is 4.23. The molecule has 0 atom stereocenters. The minimum absolute atomic E-state index is 0.220. The molecule has 0 aliphatic heterocycles. The van der Waals surface area contributed by atoms with Crippen LogP contribution in [0.15, 0.2) is 41.8 Å². The second-order valence-corrected chi connectivity index (χ2v) is 5.17. The number of thiophene rings is 1. The molecule has 0 aliphatic rings. The van der Waals surface area contributed by atoms with Gasteiger partial charge >= 0.3 is 0 Å². The van der Waals surface area contributed by atoms with Crippen LogP contribution in [0, 0.1) is 0 Å². The van der Waals surface area contributed by atoms with E-state index in [1.54, 1.807) is 37.4 Å². The number of benzene rings is 1. The van der Waals surface area contributed by atoms with Gasteiger partial charge in [-0.1, -0.05) is 18.2 Å². The van der Waals surface area contributed by atoms with Gasteiger partial charge in [-0.2, -0.15) is 0 Å². The molecule has 2 amide bonds. The summed E-state index contributed by atoms with van der Waals surface area (Å²) in [6.45, 7) is 0.859. The molecular weight excluding hydrogens is 288 g/mol. The molecular formula is C15H16N2O3S. The molecule has 0 saturated heterocycles. The summed E-state index contributed by atoms with van der Waals surface area (Å²) in [5.74, 6) is -0.462. The molecule has 110 valence electrons. The van der Waals surface area contributed by atoms with Crippen LogP contribution < -0.4 is 10.6 Å². The van der Waals surface area contributed by atoms with Gasteiger partial charge in [-0.15, -0.1) is 11.3 Å². The van der Waals surface area contributed by atoms with E-state index < -0.39 is 0 Å². The molecule has 0 bridgehead atoms. The number of para-hydroxylation sites is 1. The highest BCUT2D eigenvalue weighted by Crippen LogP contribution is 2.17. The molecule has 0 radical (unpaired) electrons. The minimum atomic E-state index is -0.242. The number of ether oxygens (including phenoxy) is 1. The number of carbonyl (C=O) groups is 2. The minimum Gasteiger partial charge on any atom is -0.383 e. The Labute approximate surface area is 126 Å². The summed E-state index contributed by atoms with van der Waals surface area (Å²) in [5, 5.41) is 7.33. The van der Waals surface area contributed by atoms with Crippen LogP contribution in [-0.2, 0) is 4.74 Å². The van der Waals surface area contributed by atoms with Gasteiger partial charge in [-0.3, -0.25) is 9.59 Å². The zero-order chi connectivity index (χ0) is 15.1. The summed E-state index contributed by atoms with van der Waals surface area (Å²) in [6, 6.07) is 10.5. The van der Waals surface area contributed by atoms with E-state index in [4.69, 9.17) is 4.74 Å². The lowest BCUT2D eigenvalue weighted by Crippen LogP contribution is -2.28. The van der Waals surface area contributed by atoms with E-state index in [1.165, 1.54) is 11.3 Å². The molecule has 2 aromatic rings. The van der Waals surface area contributed by atoms with Crippen molar-refractivity contribution in [3.63, 3.8) is 0 Å². The first kappa shape index (κ1) is 15.2. The average Bonchev–Trinajstić information content (AvgIpc) is 3.02. The van der Waals surface area contributed by atoms with Crippen LogP contribution >= 0.6 is 11.3 Å². The quantitative estimate of drug-likeness (QED) is 0.805. The predicted octanol–water partition coefficient (Wildman–Crippen LogP) is 2.38. The van der Waals surface area contributed by atoms with Crippen molar-refractivity contribution < 1.29 is 14.3 Å². The van der Waals surface area contributed by atoms with Crippen molar-refractivity contribution in [3.05, 3.63) is 52.2 Å². The first-order chi connectivity index (χ1) is 10.2. The highest BCUT2D eigenvalue weighted by molar-refractivity contribution is 7.12. The molecule has 5 nitrogen and oxygen atoms in total. The Kier molecular flexibility index (Phi) is 5.48. The highest BCUT2D eigenvalue weighted by atomic mass is 32.1. The van der Waals surface area contributed by atoms with Gasteiger partial charge in [-0.25, -0.2) is 0 Å². The summed E-state index contributed by atoms with van der Waals surface area (Å²) in [7, 11) is 1.57. The Morgan fingerprint density at radius 3 is 2.67 bits per heavy atom. The molecule has 2 rings (SSSR count). The molecule has 0 fully saturated rings. The maximum atomic E-state index is 12.1. The van der Waals surface area contributed by atoms with E-state index in [2.05, 4.69) is 10.6 Å². The van der Waals surface area contributed by atoms with Crippen LogP contribution in [0.25, 0.3) is 0 Å². The summed E-state index contributed by atoms with van der Waals surface area (Å²) in [5.41, 5.74) is 0.921. The zero-order valence-corrected chi connectivity index (χ0v) is 12.4. The molecule has 0 aliphatic carbocycles. The Bertz CT molecular complexity index is 611. The molecule has 21 heavy (non-hydrogen) atoms. The Hall–Kier alpha value is -2.18. The summed E-state index contributed by atoms with van der Waals surface area (Å²) >= 11 is 1.35. The maximum absolute atomic E-state index is 12.1. The van der Waals surface area contributed by atoms with E-state index in [1.807, 2.05) is 11.4 Å². The molecule has 1 aromatic heterocycles. The van der Waals surface area contributed by atoms with E-state index in [0.29, 0.717) is 29.3 Å². The first-order valence-electron chi connectivity index (χ1n) is 6.43. The van der Waals surface area contributed by atoms with Crippen molar-refractivity contribution in [1.82, 2.24) is 5.32 Å². The molecule has 1 heterocycles. The van der Waals surface area contributed by atoms with Crippen molar-refractivity contribution in [2.45, 2.75) is 0 Å². The van der Waals surface area contributed by atoms with E-state index in [9.17, 15) is 9.59 Å². The van der Waals surface area contributed by atoms with Crippen molar-refractivity contribution in [2.24, 2.45) is 0 Å². The SMILES string of the molecule is COCCNC(=O)c1ccccc1NC(=O)c1cccs1. The third-order valence-electron chi connectivity index (χ3n) is 2.76. The van der Waals surface area contributed by atoms with Crippen LogP contribution in [0.5, 0.6) is 0 Å². The third kappa shape index (κ3) is 4.14. The number of amides is 2. The molecule has 0 spiro atoms. The van der Waals surface area contributed by atoms with Gasteiger partial charge in [0.15, 0.2) is 0 Å². The highest BCUT2D eigenvalue weighted by Gasteiger charge is 2.14. The van der Waals surface area contributed by atoms with Gasteiger partial charge in [0.1, 0.15) is 0 Å². The standard InChI is InChI=1S/C15H16N2O3S/c1-20-9-8-16-14(18)11-5-2-3-6-12(11)17-15(19)13-7-4-10-21-13/h2-7,10H,8-9H2,1H3,(H,16,18)(H,17,19). The van der Waals surface area contributed by atoms with Crippen LogP contribution in [-0.4, -0.2) is 32.1 Å². The van der Waals surface area contributed by atoms with E-state index in [0.717, 1.165) is 0 Å². The fourth-order valence-electron chi connectivity index (χ4n) is 1.74. The van der Waals surface area contributed by atoms with Gasteiger partial charge < -0.3 is 15.4 Å². The largest absolute Gasteiger partial charge is 0.383 e. The second kappa shape index (κ2) is 7.56. The van der Waals surface area contributed by atoms with Gasteiger partial charge in [0, 0.05) is 13.7 Å². The van der Waals surface area contributed by atoms with Crippen LogP contribution in [0.4, 0.5) is 5.69 Å². The van der Waals surface area contributed by atoms with Gasteiger partial charge in [-0.05, 0) is 23.6 Å². The van der Waals surface area contributed by atoms with Crippen LogP contribution in [0.3, 0.4) is 0 Å². The fraction of sp³-hybridized carbons (Fsp3) is 0.200. The lowest BCUT2D eigenvalue weighted by molar-refractivity contribution is 0.0938. The maximum Gasteiger partial charge on any atom is 0.265 e. The van der Waals surface area contributed by atoms with Gasteiger partial charge in [0.25, 0.3) is 11.8 Å². The van der Waals surface area contributed by atoms with Crippen molar-refractivity contribution in [2.75, 3.05) is 25.6 Å². The lowest BCUT2D eigenvalue weighted by Gasteiger charge is -2.10. The Morgan fingerprint density at radius 2 is 1.95 bits per heavy atom. The Balaban J connectivity index is 2.09. The number of methoxy groups -OCH3 is 1. The monoisotopic (exact) mass is 304 g/mol. The summed E-state index contributed by atoms with van der Waals surface area (Å²) in [6.07, 6.45) is 0. The van der Waals surface area contributed by atoms with E-state index >= 15 is 0 Å². The summed E-state index contributed by atoms with van der Waals surface area (Å²) < 4.78 is 4.89. The predicted molar refractivity (Wildman–Crippen MR) is 82.9 cm³/mol. The number of hydrogen-bond donors (Lipinski definition) is 2. The van der Waals surface area contributed by atoms with E-state index in [-0.39, 0.29) is 11.8 Å². The number of hydrogen-bond acceptors (Lipinski definition) is 4. The van der Waals surface area contributed by atoms with Crippen molar-refractivity contribution in [3.8, 4) is 0 Å². The van der Waals surface area contributed by atoms with Crippen LogP contribution in [0.2, 0.25) is 0 Å². The Morgan fingerprint density at radius 1 is 1.14 bits per heavy atom. The number of carbonyl (C=O) groups excluding carboxylic acids is 2. The molecule has 1 aromatic carbocycles. The summed E-state index contributed by atoms with van der Waals surface area (Å²) in [4.78, 5) is 24.8. The molecule has 0 saturated carbocycles. The lowest BCUT2D eigenvalue weighted by atomic mass is 10.1.